The van der Waals surface area contributed by atoms with Crippen LogP contribution in [0.25, 0.3) is 0 Å². The van der Waals surface area contributed by atoms with Gasteiger partial charge < -0.3 is 10.3 Å². The van der Waals surface area contributed by atoms with Gasteiger partial charge in [0.25, 0.3) is 0 Å². The third-order valence-corrected chi connectivity index (χ3v) is 1.44. The summed E-state index contributed by atoms with van der Waals surface area (Å²) >= 11 is 0. The van der Waals surface area contributed by atoms with Crippen LogP contribution in [0.4, 0.5) is 0 Å². The van der Waals surface area contributed by atoms with Crippen molar-refractivity contribution in [3.05, 3.63) is 11.8 Å². The summed E-state index contributed by atoms with van der Waals surface area (Å²) in [7, 11) is 0. The second kappa shape index (κ2) is 2.15. The molecule has 0 atom stereocenters. The Labute approximate surface area is 65.0 Å². The number of aromatic hydroxyl groups is 1. The summed E-state index contributed by atoms with van der Waals surface area (Å²) < 4.78 is 0. The summed E-state index contributed by atoms with van der Waals surface area (Å²) in [5, 5.41) is 21.5. The smallest absolute Gasteiger partial charge is 0.248 e. The minimum Gasteiger partial charge on any atom is -0.491 e. The summed E-state index contributed by atoms with van der Waals surface area (Å²) in [6.07, 6.45) is 0. The van der Waals surface area contributed by atoms with Crippen molar-refractivity contribution < 1.29 is 10.3 Å². The predicted octanol–water partition coefficient (Wildman–Crippen LogP) is 1.12. The minimum absolute atomic E-state index is 0.147. The molecule has 0 spiro atoms. The molecular formula is C7H12N2O2. The first-order valence-electron chi connectivity index (χ1n) is 3.40. The zero-order valence-electron chi connectivity index (χ0n) is 6.87. The second-order valence-electron chi connectivity index (χ2n) is 3.53. The average molecular weight is 156 g/mol. The van der Waals surface area contributed by atoms with Gasteiger partial charge in [-0.05, 0) is 0 Å². The summed E-state index contributed by atoms with van der Waals surface area (Å²) in [6.45, 7) is 5.86. The summed E-state index contributed by atoms with van der Waals surface area (Å²) in [4.78, 5) is 0.473. The van der Waals surface area contributed by atoms with Crippen LogP contribution in [-0.4, -0.2) is 20.3 Å². The lowest BCUT2D eigenvalue weighted by atomic mass is 9.93. The Balaban J connectivity index is 3.08. The van der Waals surface area contributed by atoms with E-state index >= 15 is 0 Å². The molecule has 1 aromatic heterocycles. The minimum atomic E-state index is -0.227. The van der Waals surface area contributed by atoms with Gasteiger partial charge in [0.2, 0.25) is 5.88 Å². The van der Waals surface area contributed by atoms with E-state index in [1.54, 1.807) is 0 Å². The second-order valence-corrected chi connectivity index (χ2v) is 3.53. The highest BCUT2D eigenvalue weighted by Gasteiger charge is 2.19. The molecule has 0 saturated carbocycles. The van der Waals surface area contributed by atoms with Crippen LogP contribution in [0.1, 0.15) is 26.5 Å². The van der Waals surface area contributed by atoms with Crippen molar-refractivity contribution in [2.45, 2.75) is 26.2 Å². The maximum absolute atomic E-state index is 8.95. The number of nitrogens with zero attached hydrogens (tertiary/aromatic N) is 2. The highest BCUT2D eigenvalue weighted by atomic mass is 16.5. The van der Waals surface area contributed by atoms with Gasteiger partial charge in [-0.25, -0.2) is 0 Å². The molecule has 0 aliphatic heterocycles. The first-order valence-corrected chi connectivity index (χ1v) is 3.40. The number of aromatic nitrogens is 2. The van der Waals surface area contributed by atoms with Crippen molar-refractivity contribution in [2.75, 3.05) is 0 Å². The molecule has 1 aromatic rings. The molecule has 4 nitrogen and oxygen atoms in total. The Morgan fingerprint density at radius 1 is 1.45 bits per heavy atom. The van der Waals surface area contributed by atoms with Crippen LogP contribution in [0.2, 0.25) is 0 Å². The highest BCUT2D eigenvalue weighted by Crippen LogP contribution is 2.23. The van der Waals surface area contributed by atoms with E-state index in [4.69, 9.17) is 10.3 Å². The molecule has 0 fully saturated rings. The van der Waals surface area contributed by atoms with Crippen LogP contribution in [0.5, 0.6) is 5.88 Å². The molecule has 1 heterocycles. The van der Waals surface area contributed by atoms with E-state index < -0.39 is 0 Å². The van der Waals surface area contributed by atoms with E-state index in [9.17, 15) is 0 Å². The van der Waals surface area contributed by atoms with Gasteiger partial charge >= 0.3 is 0 Å². The fraction of sp³-hybridized carbons (Fsp3) is 0.571. The zero-order valence-corrected chi connectivity index (χ0v) is 6.87. The van der Waals surface area contributed by atoms with Crippen LogP contribution in [0, 0.1) is 0 Å². The predicted molar refractivity (Wildman–Crippen MR) is 39.8 cm³/mol. The van der Waals surface area contributed by atoms with Gasteiger partial charge in [-0.3, -0.25) is 0 Å². The largest absolute Gasteiger partial charge is 0.491 e. The molecule has 0 aromatic carbocycles. The van der Waals surface area contributed by atoms with Crippen molar-refractivity contribution in [1.82, 2.24) is 9.94 Å². The van der Waals surface area contributed by atoms with Gasteiger partial charge in [0.1, 0.15) is 0 Å². The van der Waals surface area contributed by atoms with Crippen LogP contribution in [-0.2, 0) is 5.41 Å². The quantitative estimate of drug-likeness (QED) is 0.553. The molecule has 4 heteroatoms. The fourth-order valence-electron chi connectivity index (χ4n) is 0.729. The fourth-order valence-corrected chi connectivity index (χ4v) is 0.729. The lowest BCUT2D eigenvalue weighted by molar-refractivity contribution is 0.119. The Hall–Kier alpha value is -1.19. The first-order chi connectivity index (χ1) is 4.91. The monoisotopic (exact) mass is 156 g/mol. The molecule has 0 bridgehead atoms. The molecule has 0 saturated heterocycles. The van der Waals surface area contributed by atoms with E-state index in [2.05, 4.69) is 5.10 Å². The van der Waals surface area contributed by atoms with E-state index in [-0.39, 0.29) is 11.3 Å². The molecule has 0 radical (unpaired) electrons. The third-order valence-electron chi connectivity index (χ3n) is 1.44. The van der Waals surface area contributed by atoms with E-state index in [0.29, 0.717) is 10.5 Å². The van der Waals surface area contributed by atoms with Crippen LogP contribution in [0.15, 0.2) is 6.07 Å². The number of rotatable bonds is 0. The van der Waals surface area contributed by atoms with Gasteiger partial charge in [-0.2, -0.15) is 0 Å². The molecule has 1 rings (SSSR count). The van der Waals surface area contributed by atoms with Gasteiger partial charge in [0, 0.05) is 11.5 Å². The van der Waals surface area contributed by atoms with Crippen molar-refractivity contribution >= 4 is 0 Å². The topological polar surface area (TPSA) is 58.3 Å². The first kappa shape index (κ1) is 7.91. The average Bonchev–Trinajstić information content (AvgIpc) is 2.11. The van der Waals surface area contributed by atoms with Gasteiger partial charge in [0.05, 0.1) is 5.69 Å². The lowest BCUT2D eigenvalue weighted by Gasteiger charge is -2.13. The maximum atomic E-state index is 8.95. The molecule has 0 aliphatic carbocycles. The molecule has 0 unspecified atom stereocenters. The van der Waals surface area contributed by atoms with Crippen LogP contribution < -0.4 is 0 Å². The maximum Gasteiger partial charge on any atom is 0.248 e. The van der Waals surface area contributed by atoms with Crippen LogP contribution in [0.3, 0.4) is 0 Å². The van der Waals surface area contributed by atoms with Gasteiger partial charge in [0.15, 0.2) is 0 Å². The third kappa shape index (κ3) is 1.45. The molecule has 62 valence electrons. The Kier molecular flexibility index (Phi) is 1.55. The SMILES string of the molecule is CC(C)(C)c1cc(O)n(O)n1. The van der Waals surface area contributed by atoms with Crippen molar-refractivity contribution in [2.24, 2.45) is 0 Å². The summed E-state index contributed by atoms with van der Waals surface area (Å²) in [5.41, 5.74) is 0.517. The Morgan fingerprint density at radius 2 is 2.00 bits per heavy atom. The molecular weight excluding hydrogens is 144 g/mol. The number of hydrogen-bond acceptors (Lipinski definition) is 3. The van der Waals surface area contributed by atoms with Crippen molar-refractivity contribution in [1.29, 1.82) is 0 Å². The van der Waals surface area contributed by atoms with E-state index in [0.717, 1.165) is 0 Å². The molecule has 0 aliphatic rings. The van der Waals surface area contributed by atoms with E-state index in [1.165, 1.54) is 6.07 Å². The number of hydrogen-bond donors (Lipinski definition) is 2. The Morgan fingerprint density at radius 3 is 2.18 bits per heavy atom. The van der Waals surface area contributed by atoms with E-state index in [1.807, 2.05) is 20.8 Å². The molecule has 2 N–H and O–H groups in total. The summed E-state index contributed by atoms with van der Waals surface area (Å²) in [6, 6.07) is 1.44. The highest BCUT2D eigenvalue weighted by molar-refractivity contribution is 5.19. The molecule has 0 amide bonds. The normalized spacial score (nSPS) is 11.9. The van der Waals surface area contributed by atoms with Crippen molar-refractivity contribution in [3.8, 4) is 5.88 Å². The standard InChI is InChI=1S/C7H12N2O2/c1-7(2,3)5-4-6(10)9(11)8-5/h4,10-11H,1-3H3. The Bertz CT molecular complexity index is 240. The molecule has 11 heavy (non-hydrogen) atoms. The van der Waals surface area contributed by atoms with Gasteiger partial charge in [-0.1, -0.05) is 25.6 Å². The summed E-state index contributed by atoms with van der Waals surface area (Å²) in [5.74, 6) is -0.227. The lowest BCUT2D eigenvalue weighted by Crippen LogP contribution is -2.12. The van der Waals surface area contributed by atoms with Gasteiger partial charge in [-0.15, -0.1) is 5.10 Å². The van der Waals surface area contributed by atoms with Crippen LogP contribution >= 0.6 is 0 Å². The van der Waals surface area contributed by atoms with Crippen molar-refractivity contribution in [3.63, 3.8) is 0 Å². The zero-order chi connectivity index (χ0) is 8.65.